The summed E-state index contributed by atoms with van der Waals surface area (Å²) in [6, 6.07) is 10.6. The van der Waals surface area contributed by atoms with E-state index in [4.69, 9.17) is 4.98 Å². The maximum Gasteiger partial charge on any atom is 0.272 e. The van der Waals surface area contributed by atoms with Gasteiger partial charge in [0.25, 0.3) is 5.91 Å². The number of hydrogen-bond acceptors (Lipinski definition) is 3. The van der Waals surface area contributed by atoms with Gasteiger partial charge in [0.15, 0.2) is 5.82 Å². The molecule has 1 aromatic carbocycles. The fourth-order valence-corrected chi connectivity index (χ4v) is 4.71. The summed E-state index contributed by atoms with van der Waals surface area (Å²) in [4.78, 5) is 26.0. The van der Waals surface area contributed by atoms with Gasteiger partial charge in [-0.3, -0.25) is 4.79 Å². The highest BCUT2D eigenvalue weighted by molar-refractivity contribution is 6.01. The number of rotatable bonds is 2. The number of hydrogen-bond donors (Lipinski definition) is 1. The number of nitrogens with zero attached hydrogens (tertiary/aromatic N) is 3. The Bertz CT molecular complexity index is 1080. The van der Waals surface area contributed by atoms with Crippen molar-refractivity contribution in [3.63, 3.8) is 0 Å². The van der Waals surface area contributed by atoms with Crippen LogP contribution in [-0.4, -0.2) is 40.4 Å². The van der Waals surface area contributed by atoms with Crippen LogP contribution in [0, 0.1) is 13.8 Å². The molecule has 2 aliphatic heterocycles. The molecule has 2 aliphatic rings. The first-order valence-corrected chi connectivity index (χ1v) is 10.7. The second-order valence-electron chi connectivity index (χ2n) is 8.42. The van der Waals surface area contributed by atoms with Gasteiger partial charge in [-0.2, -0.15) is 0 Å². The molecule has 0 bridgehead atoms. The van der Waals surface area contributed by atoms with Crippen molar-refractivity contribution in [2.24, 2.45) is 0 Å². The number of anilines is 1. The zero-order valence-electron chi connectivity index (χ0n) is 17.7. The highest BCUT2D eigenvalue weighted by Crippen LogP contribution is 2.33. The van der Waals surface area contributed by atoms with Crippen LogP contribution in [0.5, 0.6) is 0 Å². The number of pyridine rings is 1. The molecule has 5 nitrogen and oxygen atoms in total. The molecule has 5 rings (SSSR count). The van der Waals surface area contributed by atoms with E-state index in [1.807, 2.05) is 11.0 Å². The fraction of sp³-hybridized carbons (Fsp3) is 0.417. The fourth-order valence-electron chi connectivity index (χ4n) is 4.71. The number of halogens is 1. The number of aryl methyl sites for hydroxylation is 2. The first-order valence-electron chi connectivity index (χ1n) is 10.7. The number of piperidine rings is 1. The molecule has 0 radical (unpaired) electrons. The average Bonchev–Trinajstić information content (AvgIpc) is 3.06. The van der Waals surface area contributed by atoms with Crippen LogP contribution in [0.15, 0.2) is 30.3 Å². The summed E-state index contributed by atoms with van der Waals surface area (Å²) >= 11 is 0. The minimum Gasteiger partial charge on any atom is -0.355 e. The van der Waals surface area contributed by atoms with Gasteiger partial charge in [0, 0.05) is 37.3 Å². The maximum absolute atomic E-state index is 13.2. The van der Waals surface area contributed by atoms with Gasteiger partial charge in [0.2, 0.25) is 0 Å². The lowest BCUT2D eigenvalue weighted by atomic mass is 10.00. The van der Waals surface area contributed by atoms with Gasteiger partial charge in [0.05, 0.1) is 5.52 Å². The number of nitrogens with one attached hydrogen (secondary N) is 1. The van der Waals surface area contributed by atoms with Gasteiger partial charge in [-0.1, -0.05) is 24.3 Å². The SMILES string of the molecule is Cc1[nH]c2c(N3CCc4ccccc4C3)nc(C(=O)N3CCCCC3)cc2c1C.Cl. The van der Waals surface area contributed by atoms with Crippen molar-refractivity contribution in [1.82, 2.24) is 14.9 Å². The zero-order chi connectivity index (χ0) is 20.0. The molecule has 4 heterocycles. The Morgan fingerprint density at radius 1 is 1.03 bits per heavy atom. The number of carbonyl (C=O) groups excluding carboxylic acids is 1. The van der Waals surface area contributed by atoms with Gasteiger partial charge in [-0.25, -0.2) is 4.98 Å². The van der Waals surface area contributed by atoms with E-state index in [2.05, 4.69) is 48.0 Å². The van der Waals surface area contributed by atoms with Crippen LogP contribution in [0.2, 0.25) is 0 Å². The normalized spacial score (nSPS) is 16.3. The summed E-state index contributed by atoms with van der Waals surface area (Å²) in [6.07, 6.45) is 4.39. The summed E-state index contributed by atoms with van der Waals surface area (Å²) in [6.45, 7) is 7.65. The van der Waals surface area contributed by atoms with Crippen molar-refractivity contribution < 1.29 is 4.79 Å². The molecule has 0 aliphatic carbocycles. The Balaban J connectivity index is 0.00000218. The van der Waals surface area contributed by atoms with Crippen molar-refractivity contribution in [2.75, 3.05) is 24.5 Å². The summed E-state index contributed by atoms with van der Waals surface area (Å²) in [7, 11) is 0. The molecule has 2 aromatic heterocycles. The van der Waals surface area contributed by atoms with Crippen molar-refractivity contribution in [3.05, 3.63) is 58.4 Å². The summed E-state index contributed by atoms with van der Waals surface area (Å²) in [5.74, 6) is 0.983. The van der Waals surface area contributed by atoms with Crippen LogP contribution in [0.4, 0.5) is 5.82 Å². The third-order valence-corrected chi connectivity index (χ3v) is 6.57. The molecule has 0 saturated carbocycles. The van der Waals surface area contributed by atoms with E-state index in [0.29, 0.717) is 5.69 Å². The number of amides is 1. The van der Waals surface area contributed by atoms with E-state index in [0.717, 1.165) is 67.9 Å². The van der Waals surface area contributed by atoms with Gasteiger partial charge >= 0.3 is 0 Å². The number of aromatic nitrogens is 2. The standard InChI is InChI=1S/C24H28N4O.ClH/c1-16-17(2)25-22-20(16)14-21(24(29)27-11-6-3-7-12-27)26-23(22)28-13-10-18-8-4-5-9-19(18)15-28;/h4-5,8-9,14,25H,3,6-7,10-13,15H2,1-2H3;1H. The molecule has 0 atom stereocenters. The first-order chi connectivity index (χ1) is 14.1. The Hall–Kier alpha value is -2.53. The van der Waals surface area contributed by atoms with E-state index in [1.165, 1.54) is 23.1 Å². The van der Waals surface area contributed by atoms with Crippen LogP contribution < -0.4 is 4.90 Å². The number of H-pyrrole nitrogens is 1. The number of benzene rings is 1. The predicted molar refractivity (Wildman–Crippen MR) is 124 cm³/mol. The van der Waals surface area contributed by atoms with Crippen LogP contribution in [0.25, 0.3) is 10.9 Å². The van der Waals surface area contributed by atoms with Gasteiger partial charge in [-0.15, -0.1) is 12.4 Å². The molecule has 1 N–H and O–H groups in total. The number of likely N-dealkylation sites (tertiary alicyclic amines) is 1. The molecule has 6 heteroatoms. The lowest BCUT2D eigenvalue weighted by molar-refractivity contribution is 0.0718. The third kappa shape index (κ3) is 3.56. The first kappa shape index (κ1) is 20.7. The van der Waals surface area contributed by atoms with Crippen LogP contribution in [0.1, 0.15) is 52.1 Å². The van der Waals surface area contributed by atoms with E-state index < -0.39 is 0 Å². The van der Waals surface area contributed by atoms with Gasteiger partial charge in [0.1, 0.15) is 5.69 Å². The quantitative estimate of drug-likeness (QED) is 0.643. The van der Waals surface area contributed by atoms with Crippen LogP contribution in [-0.2, 0) is 13.0 Å². The number of aromatic amines is 1. The van der Waals surface area contributed by atoms with E-state index in [9.17, 15) is 4.79 Å². The molecule has 3 aromatic rings. The van der Waals surface area contributed by atoms with Gasteiger partial charge < -0.3 is 14.8 Å². The van der Waals surface area contributed by atoms with Crippen molar-refractivity contribution >= 4 is 35.0 Å². The van der Waals surface area contributed by atoms with E-state index in [-0.39, 0.29) is 18.3 Å². The predicted octanol–water partition coefficient (Wildman–Crippen LogP) is 4.79. The highest BCUT2D eigenvalue weighted by atomic mass is 35.5. The minimum atomic E-state index is 0. The Morgan fingerprint density at radius 2 is 1.77 bits per heavy atom. The minimum absolute atomic E-state index is 0. The second kappa shape index (κ2) is 8.31. The molecule has 158 valence electrons. The smallest absolute Gasteiger partial charge is 0.272 e. The molecule has 30 heavy (non-hydrogen) atoms. The topological polar surface area (TPSA) is 52.2 Å². The van der Waals surface area contributed by atoms with Crippen LogP contribution >= 0.6 is 12.4 Å². The van der Waals surface area contributed by atoms with Crippen LogP contribution in [0.3, 0.4) is 0 Å². The van der Waals surface area contributed by atoms with Crippen molar-refractivity contribution in [2.45, 2.75) is 46.1 Å². The molecular formula is C24H29ClN4O. The Kier molecular flexibility index (Phi) is 5.74. The Morgan fingerprint density at radius 3 is 2.53 bits per heavy atom. The maximum atomic E-state index is 13.2. The highest BCUT2D eigenvalue weighted by Gasteiger charge is 2.25. The molecule has 0 spiro atoms. The average molecular weight is 425 g/mol. The second-order valence-corrected chi connectivity index (χ2v) is 8.42. The Labute approximate surface area is 183 Å². The summed E-state index contributed by atoms with van der Waals surface area (Å²) < 4.78 is 0. The largest absolute Gasteiger partial charge is 0.355 e. The monoisotopic (exact) mass is 424 g/mol. The lowest BCUT2D eigenvalue weighted by Crippen LogP contribution is -2.36. The molecule has 1 saturated heterocycles. The lowest BCUT2D eigenvalue weighted by Gasteiger charge is -2.31. The third-order valence-electron chi connectivity index (χ3n) is 6.57. The van der Waals surface area contributed by atoms with E-state index in [1.54, 1.807) is 0 Å². The summed E-state index contributed by atoms with van der Waals surface area (Å²) in [5.41, 5.74) is 6.74. The molecule has 1 amide bonds. The van der Waals surface area contributed by atoms with Crippen molar-refractivity contribution in [1.29, 1.82) is 0 Å². The molecule has 0 unspecified atom stereocenters. The number of carbonyl (C=O) groups is 1. The molecular weight excluding hydrogens is 396 g/mol. The van der Waals surface area contributed by atoms with Gasteiger partial charge in [-0.05, 0) is 62.3 Å². The number of fused-ring (bicyclic) bond motifs is 2. The zero-order valence-corrected chi connectivity index (χ0v) is 18.5. The molecule has 1 fully saturated rings. The summed E-state index contributed by atoms with van der Waals surface area (Å²) in [5, 5.41) is 1.12. The van der Waals surface area contributed by atoms with E-state index >= 15 is 0 Å². The van der Waals surface area contributed by atoms with Crippen molar-refractivity contribution in [3.8, 4) is 0 Å².